The molecule has 21 heavy (non-hydrogen) atoms. The zero-order valence-corrected chi connectivity index (χ0v) is 12.4. The van der Waals surface area contributed by atoms with E-state index in [-0.39, 0.29) is 11.7 Å². The highest BCUT2D eigenvalue weighted by molar-refractivity contribution is 5.49. The van der Waals surface area contributed by atoms with E-state index < -0.39 is 11.6 Å². The van der Waals surface area contributed by atoms with Crippen LogP contribution in [-0.2, 0) is 0 Å². The second kappa shape index (κ2) is 6.57. The van der Waals surface area contributed by atoms with E-state index in [9.17, 15) is 8.78 Å². The van der Waals surface area contributed by atoms with Gasteiger partial charge < -0.3 is 10.1 Å². The Morgan fingerprint density at radius 1 is 1.10 bits per heavy atom. The summed E-state index contributed by atoms with van der Waals surface area (Å²) in [6.45, 7) is 5.97. The third-order valence-electron chi connectivity index (χ3n) is 3.31. The van der Waals surface area contributed by atoms with Gasteiger partial charge in [-0.05, 0) is 50.1 Å². The second-order valence-electron chi connectivity index (χ2n) is 4.95. The third-order valence-corrected chi connectivity index (χ3v) is 3.31. The van der Waals surface area contributed by atoms with Gasteiger partial charge in [0.1, 0.15) is 17.4 Å². The van der Waals surface area contributed by atoms with Crippen LogP contribution in [0.2, 0.25) is 0 Å². The fourth-order valence-corrected chi connectivity index (χ4v) is 2.09. The molecule has 2 aromatic carbocycles. The molecular formula is C17H19F2NO. The van der Waals surface area contributed by atoms with E-state index in [4.69, 9.17) is 4.74 Å². The SMILES string of the molecule is CCOc1ccc(C(C)Nc2cc(F)c(C)cc2F)cc1. The molecule has 0 heterocycles. The summed E-state index contributed by atoms with van der Waals surface area (Å²) in [5, 5.41) is 2.99. The maximum atomic E-state index is 13.8. The van der Waals surface area contributed by atoms with E-state index >= 15 is 0 Å². The molecule has 2 nitrogen and oxygen atoms in total. The Labute approximate surface area is 123 Å². The molecule has 0 saturated heterocycles. The summed E-state index contributed by atoms with van der Waals surface area (Å²) in [5.41, 5.74) is 1.44. The van der Waals surface area contributed by atoms with Crippen LogP contribution in [0.15, 0.2) is 36.4 Å². The minimum atomic E-state index is -0.452. The Hall–Kier alpha value is -2.10. The number of ether oxygens (including phenoxy) is 1. The monoisotopic (exact) mass is 291 g/mol. The fraction of sp³-hybridized carbons (Fsp3) is 0.294. The summed E-state index contributed by atoms with van der Waals surface area (Å²) < 4.78 is 32.7. The van der Waals surface area contributed by atoms with Crippen LogP contribution in [0.25, 0.3) is 0 Å². The highest BCUT2D eigenvalue weighted by atomic mass is 19.1. The first-order chi connectivity index (χ1) is 10.0. The Balaban J connectivity index is 2.14. The standard InChI is InChI=1S/C17H19F2NO/c1-4-21-14-7-5-13(6-8-14)12(3)20-17-10-15(18)11(2)9-16(17)19/h5-10,12,20H,4H2,1-3H3. The molecule has 0 aliphatic carbocycles. The first-order valence-corrected chi connectivity index (χ1v) is 6.96. The number of hydrogen-bond donors (Lipinski definition) is 1. The molecule has 1 N–H and O–H groups in total. The number of hydrogen-bond acceptors (Lipinski definition) is 2. The molecule has 0 amide bonds. The molecule has 4 heteroatoms. The van der Waals surface area contributed by atoms with Crippen LogP contribution in [0.3, 0.4) is 0 Å². The van der Waals surface area contributed by atoms with Crippen LogP contribution in [0, 0.1) is 18.6 Å². The number of nitrogens with one attached hydrogen (secondary N) is 1. The normalized spacial score (nSPS) is 12.0. The van der Waals surface area contributed by atoms with Crippen LogP contribution < -0.4 is 10.1 Å². The lowest BCUT2D eigenvalue weighted by Gasteiger charge is -2.17. The molecule has 0 aliphatic heterocycles. The van der Waals surface area contributed by atoms with Crippen molar-refractivity contribution in [1.82, 2.24) is 0 Å². The fourth-order valence-electron chi connectivity index (χ4n) is 2.09. The van der Waals surface area contributed by atoms with Crippen LogP contribution >= 0.6 is 0 Å². The van der Waals surface area contributed by atoms with E-state index in [0.717, 1.165) is 11.3 Å². The van der Waals surface area contributed by atoms with Crippen molar-refractivity contribution in [3.63, 3.8) is 0 Å². The van der Waals surface area contributed by atoms with E-state index in [2.05, 4.69) is 5.32 Å². The van der Waals surface area contributed by atoms with Crippen molar-refractivity contribution < 1.29 is 13.5 Å². The van der Waals surface area contributed by atoms with Gasteiger partial charge in [0.2, 0.25) is 0 Å². The first-order valence-electron chi connectivity index (χ1n) is 6.96. The van der Waals surface area contributed by atoms with Crippen molar-refractivity contribution in [2.24, 2.45) is 0 Å². The largest absolute Gasteiger partial charge is 0.494 e. The van der Waals surface area contributed by atoms with Crippen molar-refractivity contribution in [3.8, 4) is 5.75 Å². The van der Waals surface area contributed by atoms with Gasteiger partial charge in [0.05, 0.1) is 12.3 Å². The van der Waals surface area contributed by atoms with Crippen molar-refractivity contribution in [2.45, 2.75) is 26.8 Å². The summed E-state index contributed by atoms with van der Waals surface area (Å²) in [6, 6.07) is 9.79. The Morgan fingerprint density at radius 2 is 1.76 bits per heavy atom. The Morgan fingerprint density at radius 3 is 2.38 bits per heavy atom. The van der Waals surface area contributed by atoms with Crippen molar-refractivity contribution in [3.05, 3.63) is 59.2 Å². The van der Waals surface area contributed by atoms with Crippen molar-refractivity contribution in [1.29, 1.82) is 0 Å². The van der Waals surface area contributed by atoms with Crippen LogP contribution in [-0.4, -0.2) is 6.61 Å². The van der Waals surface area contributed by atoms with Gasteiger partial charge in [-0.25, -0.2) is 8.78 Å². The second-order valence-corrected chi connectivity index (χ2v) is 4.95. The lowest BCUT2D eigenvalue weighted by molar-refractivity contribution is 0.340. The van der Waals surface area contributed by atoms with Gasteiger partial charge in [0.25, 0.3) is 0 Å². The molecule has 112 valence electrons. The number of benzene rings is 2. The highest BCUT2D eigenvalue weighted by Gasteiger charge is 2.11. The molecule has 0 fully saturated rings. The molecule has 2 aromatic rings. The van der Waals surface area contributed by atoms with Crippen LogP contribution in [0.4, 0.5) is 14.5 Å². The zero-order chi connectivity index (χ0) is 15.4. The molecule has 0 bridgehead atoms. The number of halogens is 2. The van der Waals surface area contributed by atoms with Gasteiger partial charge in [0.15, 0.2) is 0 Å². The summed E-state index contributed by atoms with van der Waals surface area (Å²) in [7, 11) is 0. The predicted molar refractivity (Wildman–Crippen MR) is 80.7 cm³/mol. The van der Waals surface area contributed by atoms with E-state index in [1.165, 1.54) is 19.1 Å². The van der Waals surface area contributed by atoms with Gasteiger partial charge in [-0.2, -0.15) is 0 Å². The summed E-state index contributed by atoms with van der Waals surface area (Å²) in [4.78, 5) is 0. The molecule has 0 radical (unpaired) electrons. The topological polar surface area (TPSA) is 21.3 Å². The number of anilines is 1. The summed E-state index contributed by atoms with van der Waals surface area (Å²) >= 11 is 0. The molecule has 0 aromatic heterocycles. The Bertz CT molecular complexity index is 611. The number of aryl methyl sites for hydroxylation is 1. The predicted octanol–water partition coefficient (Wildman–Crippen LogP) is 4.85. The summed E-state index contributed by atoms with van der Waals surface area (Å²) in [6.07, 6.45) is 0. The average Bonchev–Trinajstić information content (AvgIpc) is 2.46. The smallest absolute Gasteiger partial charge is 0.146 e. The van der Waals surface area contributed by atoms with E-state index in [1.807, 2.05) is 38.1 Å². The number of rotatable bonds is 5. The lowest BCUT2D eigenvalue weighted by Crippen LogP contribution is -2.08. The quantitative estimate of drug-likeness (QED) is 0.850. The molecule has 2 rings (SSSR count). The minimum Gasteiger partial charge on any atom is -0.494 e. The molecule has 0 saturated carbocycles. The van der Waals surface area contributed by atoms with Crippen LogP contribution in [0.1, 0.15) is 31.0 Å². The Kier molecular flexibility index (Phi) is 4.78. The van der Waals surface area contributed by atoms with Gasteiger partial charge in [-0.3, -0.25) is 0 Å². The van der Waals surface area contributed by atoms with Gasteiger partial charge in [-0.15, -0.1) is 0 Å². The molecule has 0 aliphatic rings. The van der Waals surface area contributed by atoms with Gasteiger partial charge in [-0.1, -0.05) is 12.1 Å². The lowest BCUT2D eigenvalue weighted by atomic mass is 10.1. The summed E-state index contributed by atoms with van der Waals surface area (Å²) in [5.74, 6) is -0.0782. The maximum Gasteiger partial charge on any atom is 0.146 e. The zero-order valence-electron chi connectivity index (χ0n) is 12.4. The van der Waals surface area contributed by atoms with Crippen molar-refractivity contribution >= 4 is 5.69 Å². The molecule has 0 spiro atoms. The van der Waals surface area contributed by atoms with Gasteiger partial charge in [0, 0.05) is 12.1 Å². The van der Waals surface area contributed by atoms with E-state index in [1.54, 1.807) is 0 Å². The first kappa shape index (κ1) is 15.3. The average molecular weight is 291 g/mol. The maximum absolute atomic E-state index is 13.8. The molecular weight excluding hydrogens is 272 g/mol. The van der Waals surface area contributed by atoms with Crippen LogP contribution in [0.5, 0.6) is 5.75 Å². The highest BCUT2D eigenvalue weighted by Crippen LogP contribution is 2.25. The van der Waals surface area contributed by atoms with E-state index in [0.29, 0.717) is 12.2 Å². The van der Waals surface area contributed by atoms with Crippen molar-refractivity contribution in [2.75, 3.05) is 11.9 Å². The molecule has 1 atom stereocenters. The molecule has 1 unspecified atom stereocenters. The third kappa shape index (κ3) is 3.72. The minimum absolute atomic E-state index is 0.141. The van der Waals surface area contributed by atoms with Gasteiger partial charge >= 0.3 is 0 Å².